The van der Waals surface area contributed by atoms with Gasteiger partial charge >= 0.3 is 0 Å². The fourth-order valence-corrected chi connectivity index (χ4v) is 3.54. The molecule has 2 N–H and O–H groups in total. The molecule has 1 amide bonds. The van der Waals surface area contributed by atoms with E-state index in [4.69, 9.17) is 0 Å². The van der Waals surface area contributed by atoms with Crippen LogP contribution in [0.2, 0.25) is 0 Å². The van der Waals surface area contributed by atoms with Crippen molar-refractivity contribution in [2.24, 2.45) is 5.10 Å². The summed E-state index contributed by atoms with van der Waals surface area (Å²) < 4.78 is 1.09. The number of benzene rings is 2. The van der Waals surface area contributed by atoms with Crippen LogP contribution in [0.3, 0.4) is 0 Å². The van der Waals surface area contributed by atoms with Crippen LogP contribution < -0.4 is 15.6 Å². The van der Waals surface area contributed by atoms with Crippen molar-refractivity contribution in [3.05, 3.63) is 54.1 Å². The van der Waals surface area contributed by atoms with Gasteiger partial charge in [0.15, 0.2) is 5.13 Å². The predicted molar refractivity (Wildman–Crippen MR) is 114 cm³/mol. The number of aromatic nitrogens is 1. The maximum Gasteiger partial charge on any atom is 0.259 e. The van der Waals surface area contributed by atoms with Gasteiger partial charge in [0.1, 0.15) is 0 Å². The van der Waals surface area contributed by atoms with E-state index < -0.39 is 0 Å². The lowest BCUT2D eigenvalue weighted by atomic mass is 10.2. The Morgan fingerprint density at radius 1 is 1.15 bits per heavy atom. The minimum Gasteiger partial charge on any atom is -0.372 e. The average Bonchev–Trinajstić information content (AvgIpc) is 3.11. The van der Waals surface area contributed by atoms with Gasteiger partial charge in [-0.2, -0.15) is 5.10 Å². The molecule has 3 rings (SSSR count). The van der Waals surface area contributed by atoms with Crippen LogP contribution in [0.25, 0.3) is 10.2 Å². The molecule has 0 atom stereocenters. The molecule has 140 valence electrons. The van der Waals surface area contributed by atoms with Crippen LogP contribution in [0.1, 0.15) is 19.4 Å². The van der Waals surface area contributed by atoms with Crippen LogP contribution in [0, 0.1) is 0 Å². The van der Waals surface area contributed by atoms with Gasteiger partial charge in [-0.15, -0.1) is 0 Å². The number of hydrazone groups is 1. The minimum atomic E-state index is -0.217. The summed E-state index contributed by atoms with van der Waals surface area (Å²) in [4.78, 5) is 18.6. The van der Waals surface area contributed by atoms with Crippen LogP contribution >= 0.6 is 11.3 Å². The predicted octanol–water partition coefficient (Wildman–Crippen LogP) is 3.70. The molecule has 1 aromatic heterocycles. The highest BCUT2D eigenvalue weighted by Crippen LogP contribution is 2.24. The lowest BCUT2D eigenvalue weighted by molar-refractivity contribution is -0.119. The molecule has 6 nitrogen and oxygen atoms in total. The van der Waals surface area contributed by atoms with Crippen molar-refractivity contribution in [1.29, 1.82) is 0 Å². The Morgan fingerprint density at radius 2 is 1.89 bits per heavy atom. The van der Waals surface area contributed by atoms with Crippen molar-refractivity contribution in [1.82, 2.24) is 10.4 Å². The molecule has 0 bridgehead atoms. The molecule has 27 heavy (non-hydrogen) atoms. The Morgan fingerprint density at radius 3 is 2.59 bits per heavy atom. The molecule has 0 saturated carbocycles. The molecule has 0 aliphatic rings. The second-order valence-electron chi connectivity index (χ2n) is 5.90. The smallest absolute Gasteiger partial charge is 0.259 e. The Labute approximate surface area is 162 Å². The van der Waals surface area contributed by atoms with Gasteiger partial charge in [-0.05, 0) is 43.7 Å². The van der Waals surface area contributed by atoms with Crippen molar-refractivity contribution in [3.63, 3.8) is 0 Å². The first-order chi connectivity index (χ1) is 13.2. The van der Waals surface area contributed by atoms with Crippen LogP contribution in [0.5, 0.6) is 0 Å². The minimum absolute atomic E-state index is 0.123. The molecule has 0 radical (unpaired) electrons. The van der Waals surface area contributed by atoms with Crippen molar-refractivity contribution >= 4 is 44.5 Å². The Kier molecular flexibility index (Phi) is 6.38. The van der Waals surface area contributed by atoms with Gasteiger partial charge in [0.2, 0.25) is 0 Å². The topological polar surface area (TPSA) is 69.6 Å². The van der Waals surface area contributed by atoms with E-state index in [1.165, 1.54) is 17.0 Å². The second kappa shape index (κ2) is 9.14. The maximum absolute atomic E-state index is 11.9. The molecule has 0 aliphatic heterocycles. The Bertz CT molecular complexity index is 883. The number of thiazole rings is 1. The van der Waals surface area contributed by atoms with E-state index in [1.807, 2.05) is 36.4 Å². The highest BCUT2D eigenvalue weighted by Gasteiger charge is 2.05. The molecule has 0 unspecified atom stereocenters. The molecule has 0 fully saturated rings. The number of carbonyl (C=O) groups is 1. The number of para-hydroxylation sites is 1. The molecule has 1 heterocycles. The van der Waals surface area contributed by atoms with Crippen LogP contribution in [-0.4, -0.2) is 36.7 Å². The first-order valence-corrected chi connectivity index (χ1v) is 9.77. The third kappa shape index (κ3) is 5.04. The lowest BCUT2D eigenvalue weighted by Crippen LogP contribution is -2.25. The fraction of sp³-hybridized carbons (Fsp3) is 0.250. The molecule has 3 aromatic rings. The van der Waals surface area contributed by atoms with Gasteiger partial charge in [0, 0.05) is 18.8 Å². The summed E-state index contributed by atoms with van der Waals surface area (Å²) in [6.45, 7) is 6.34. The van der Waals surface area contributed by atoms with Crippen LogP contribution in [0.4, 0.5) is 10.8 Å². The first kappa shape index (κ1) is 18.8. The van der Waals surface area contributed by atoms with E-state index in [1.54, 1.807) is 6.21 Å². The zero-order chi connectivity index (χ0) is 19.1. The number of rotatable bonds is 8. The van der Waals surface area contributed by atoms with Gasteiger partial charge in [-0.3, -0.25) is 4.79 Å². The van der Waals surface area contributed by atoms with E-state index in [0.29, 0.717) is 0 Å². The van der Waals surface area contributed by atoms with E-state index in [9.17, 15) is 4.79 Å². The summed E-state index contributed by atoms with van der Waals surface area (Å²) in [6, 6.07) is 16.0. The van der Waals surface area contributed by atoms with E-state index >= 15 is 0 Å². The number of fused-ring (bicyclic) bond motifs is 1. The summed E-state index contributed by atoms with van der Waals surface area (Å²) in [5.74, 6) is -0.217. The molecule has 2 aromatic carbocycles. The van der Waals surface area contributed by atoms with Gasteiger partial charge in [0.05, 0.1) is 23.0 Å². The van der Waals surface area contributed by atoms with Gasteiger partial charge in [0.25, 0.3) is 5.91 Å². The molecule has 7 heteroatoms. The quantitative estimate of drug-likeness (QED) is 0.461. The highest BCUT2D eigenvalue weighted by atomic mass is 32.1. The second-order valence-corrected chi connectivity index (χ2v) is 6.93. The monoisotopic (exact) mass is 381 g/mol. The number of nitrogens with zero attached hydrogens (tertiary/aromatic N) is 3. The van der Waals surface area contributed by atoms with Crippen LogP contribution in [-0.2, 0) is 4.79 Å². The summed E-state index contributed by atoms with van der Waals surface area (Å²) in [6.07, 6.45) is 1.64. The third-order valence-corrected chi connectivity index (χ3v) is 5.11. The normalized spacial score (nSPS) is 11.0. The number of anilines is 2. The largest absolute Gasteiger partial charge is 0.372 e. The van der Waals surface area contributed by atoms with Gasteiger partial charge < -0.3 is 10.2 Å². The molecule has 0 spiro atoms. The zero-order valence-corrected chi connectivity index (χ0v) is 16.3. The first-order valence-electron chi connectivity index (χ1n) is 8.96. The number of nitrogens with one attached hydrogen (secondary N) is 2. The third-order valence-electron chi connectivity index (χ3n) is 4.12. The fourth-order valence-electron chi connectivity index (χ4n) is 2.68. The molecule has 0 saturated heterocycles. The number of hydrogen-bond donors (Lipinski definition) is 2. The van der Waals surface area contributed by atoms with Crippen molar-refractivity contribution < 1.29 is 4.79 Å². The van der Waals surface area contributed by atoms with Crippen molar-refractivity contribution in [3.8, 4) is 0 Å². The summed E-state index contributed by atoms with van der Waals surface area (Å²) in [7, 11) is 0. The molecule has 0 aliphatic carbocycles. The summed E-state index contributed by atoms with van der Waals surface area (Å²) in [5.41, 5.74) is 5.57. The Balaban J connectivity index is 1.48. The highest BCUT2D eigenvalue weighted by molar-refractivity contribution is 7.22. The van der Waals surface area contributed by atoms with Crippen molar-refractivity contribution in [2.75, 3.05) is 29.9 Å². The molecular formula is C20H23N5OS. The SMILES string of the molecule is CCN(CC)c1ccc(/C=N\NC(=O)CNc2nc3ccccc3s2)cc1. The van der Waals surface area contributed by atoms with Crippen molar-refractivity contribution in [2.45, 2.75) is 13.8 Å². The van der Waals surface area contributed by atoms with E-state index in [-0.39, 0.29) is 12.5 Å². The zero-order valence-electron chi connectivity index (χ0n) is 15.5. The number of carbonyl (C=O) groups excluding carboxylic acids is 1. The maximum atomic E-state index is 11.9. The summed E-state index contributed by atoms with van der Waals surface area (Å²) >= 11 is 1.52. The summed E-state index contributed by atoms with van der Waals surface area (Å²) in [5, 5.41) is 7.77. The number of amides is 1. The van der Waals surface area contributed by atoms with Gasteiger partial charge in [-0.1, -0.05) is 35.6 Å². The van der Waals surface area contributed by atoms with Crippen LogP contribution in [0.15, 0.2) is 53.6 Å². The van der Waals surface area contributed by atoms with E-state index in [2.05, 4.69) is 51.7 Å². The average molecular weight is 382 g/mol. The standard InChI is InChI=1S/C20H23N5OS/c1-3-25(4-2)16-11-9-15(10-12-16)13-22-24-19(26)14-21-20-23-17-7-5-6-8-18(17)27-20/h5-13H,3-4,14H2,1-2H3,(H,21,23)(H,24,26)/b22-13-. The Hall–Kier alpha value is -2.93. The lowest BCUT2D eigenvalue weighted by Gasteiger charge is -2.20. The van der Waals surface area contributed by atoms with E-state index in [0.717, 1.165) is 34.0 Å². The molecular weight excluding hydrogens is 358 g/mol. The number of hydrogen-bond acceptors (Lipinski definition) is 6. The van der Waals surface area contributed by atoms with Gasteiger partial charge in [-0.25, -0.2) is 10.4 Å².